The summed E-state index contributed by atoms with van der Waals surface area (Å²) in [6, 6.07) is 2.65. The third kappa shape index (κ3) is 1.89. The number of nitrogens with two attached hydrogens (primary N) is 1. The number of anilines is 1. The minimum absolute atomic E-state index is 0.151. The molecule has 2 atom stereocenters. The minimum Gasteiger partial charge on any atom is -0.393 e. The van der Waals surface area contributed by atoms with E-state index in [0.29, 0.717) is 18.6 Å². The molecule has 0 aromatic carbocycles. The van der Waals surface area contributed by atoms with Crippen molar-refractivity contribution in [3.63, 3.8) is 0 Å². The van der Waals surface area contributed by atoms with Gasteiger partial charge in [-0.3, -0.25) is 0 Å². The van der Waals surface area contributed by atoms with Crippen LogP contribution in [0.25, 0.3) is 0 Å². The quantitative estimate of drug-likeness (QED) is 0.776. The molecular formula is C12H18N4O. The van der Waals surface area contributed by atoms with Gasteiger partial charge in [-0.25, -0.2) is 9.97 Å². The van der Waals surface area contributed by atoms with Gasteiger partial charge >= 0.3 is 0 Å². The maximum atomic E-state index is 9.77. The first-order valence-corrected chi connectivity index (χ1v) is 6.26. The van der Waals surface area contributed by atoms with Crippen LogP contribution in [-0.4, -0.2) is 33.3 Å². The third-order valence-electron chi connectivity index (χ3n) is 3.85. The molecule has 2 fully saturated rings. The first-order chi connectivity index (χ1) is 8.28. The molecule has 5 heteroatoms. The molecule has 92 valence electrons. The molecule has 0 radical (unpaired) electrons. The van der Waals surface area contributed by atoms with E-state index in [2.05, 4.69) is 14.9 Å². The van der Waals surface area contributed by atoms with Crippen LogP contribution in [0.15, 0.2) is 12.3 Å². The van der Waals surface area contributed by atoms with Crippen LogP contribution in [0.4, 0.5) is 5.95 Å². The van der Waals surface area contributed by atoms with Gasteiger partial charge < -0.3 is 15.7 Å². The Kier molecular flexibility index (Phi) is 2.72. The van der Waals surface area contributed by atoms with Crippen molar-refractivity contribution in [1.82, 2.24) is 9.97 Å². The van der Waals surface area contributed by atoms with Crippen LogP contribution in [0.3, 0.4) is 0 Å². The van der Waals surface area contributed by atoms with Crippen LogP contribution in [0.1, 0.15) is 31.4 Å². The van der Waals surface area contributed by atoms with Crippen LogP contribution in [-0.2, 0) is 6.54 Å². The van der Waals surface area contributed by atoms with Gasteiger partial charge in [-0.05, 0) is 31.7 Å². The SMILES string of the molecule is NCc1ccnc(N2C3CCC2CC(O)C3)n1. The molecule has 3 rings (SSSR count). The summed E-state index contributed by atoms with van der Waals surface area (Å²) in [5.74, 6) is 0.785. The first-order valence-electron chi connectivity index (χ1n) is 6.26. The predicted octanol–water partition coefficient (Wildman–Crippen LogP) is 0.427. The van der Waals surface area contributed by atoms with Crippen molar-refractivity contribution in [2.45, 2.75) is 50.4 Å². The number of hydrogen-bond acceptors (Lipinski definition) is 5. The Morgan fingerprint density at radius 3 is 2.71 bits per heavy atom. The van der Waals surface area contributed by atoms with E-state index in [4.69, 9.17) is 5.73 Å². The fourth-order valence-electron chi connectivity index (χ4n) is 3.10. The van der Waals surface area contributed by atoms with E-state index in [1.165, 1.54) is 0 Å². The van der Waals surface area contributed by atoms with Crippen molar-refractivity contribution in [2.24, 2.45) is 5.73 Å². The first kappa shape index (κ1) is 10.9. The van der Waals surface area contributed by atoms with Crippen molar-refractivity contribution < 1.29 is 5.11 Å². The molecular weight excluding hydrogens is 216 g/mol. The van der Waals surface area contributed by atoms with Gasteiger partial charge in [-0.2, -0.15) is 0 Å². The fraction of sp³-hybridized carbons (Fsp3) is 0.667. The van der Waals surface area contributed by atoms with Crippen molar-refractivity contribution in [3.8, 4) is 0 Å². The normalized spacial score (nSPS) is 31.9. The number of nitrogens with zero attached hydrogens (tertiary/aromatic N) is 3. The second-order valence-electron chi connectivity index (χ2n) is 4.97. The summed E-state index contributed by atoms with van der Waals surface area (Å²) < 4.78 is 0. The summed E-state index contributed by atoms with van der Waals surface area (Å²) in [7, 11) is 0. The Balaban J connectivity index is 1.89. The number of aliphatic hydroxyl groups is 1. The monoisotopic (exact) mass is 234 g/mol. The zero-order valence-electron chi connectivity index (χ0n) is 9.79. The van der Waals surface area contributed by atoms with Crippen molar-refractivity contribution >= 4 is 5.95 Å². The Labute approximate surface area is 101 Å². The van der Waals surface area contributed by atoms with Gasteiger partial charge in [0.25, 0.3) is 0 Å². The highest BCUT2D eigenvalue weighted by molar-refractivity contribution is 5.37. The summed E-state index contributed by atoms with van der Waals surface area (Å²) >= 11 is 0. The zero-order valence-corrected chi connectivity index (χ0v) is 9.79. The van der Waals surface area contributed by atoms with Crippen LogP contribution >= 0.6 is 0 Å². The molecule has 2 aliphatic heterocycles. The van der Waals surface area contributed by atoms with Crippen LogP contribution in [0.2, 0.25) is 0 Å². The van der Waals surface area contributed by atoms with Gasteiger partial charge in [0.1, 0.15) is 0 Å². The highest BCUT2D eigenvalue weighted by Gasteiger charge is 2.41. The lowest BCUT2D eigenvalue weighted by molar-refractivity contribution is 0.125. The number of aromatic nitrogens is 2. The highest BCUT2D eigenvalue weighted by atomic mass is 16.3. The van der Waals surface area contributed by atoms with Crippen molar-refractivity contribution in [3.05, 3.63) is 18.0 Å². The van der Waals surface area contributed by atoms with Crippen LogP contribution in [0.5, 0.6) is 0 Å². The van der Waals surface area contributed by atoms with Crippen molar-refractivity contribution in [1.29, 1.82) is 0 Å². The molecule has 3 heterocycles. The molecule has 2 saturated heterocycles. The molecule has 0 amide bonds. The molecule has 2 bridgehead atoms. The third-order valence-corrected chi connectivity index (χ3v) is 3.85. The number of rotatable bonds is 2. The number of piperidine rings is 1. The molecule has 1 aromatic heterocycles. The molecule has 2 unspecified atom stereocenters. The maximum Gasteiger partial charge on any atom is 0.226 e. The standard InChI is InChI=1S/C12H18N4O/c13-7-8-3-4-14-12(15-8)16-9-1-2-10(16)6-11(17)5-9/h3-4,9-11,17H,1-2,5-7,13H2. The summed E-state index contributed by atoms with van der Waals surface area (Å²) in [6.07, 6.45) is 5.58. The molecule has 17 heavy (non-hydrogen) atoms. The van der Waals surface area contributed by atoms with E-state index in [0.717, 1.165) is 37.3 Å². The zero-order chi connectivity index (χ0) is 11.8. The molecule has 3 N–H and O–H groups in total. The van der Waals surface area contributed by atoms with E-state index >= 15 is 0 Å². The Morgan fingerprint density at radius 2 is 2.06 bits per heavy atom. The van der Waals surface area contributed by atoms with Crippen molar-refractivity contribution in [2.75, 3.05) is 4.90 Å². The fourth-order valence-corrected chi connectivity index (χ4v) is 3.10. The van der Waals surface area contributed by atoms with E-state index < -0.39 is 0 Å². The average Bonchev–Trinajstić information content (AvgIpc) is 2.62. The number of fused-ring (bicyclic) bond motifs is 2. The summed E-state index contributed by atoms with van der Waals surface area (Å²) in [6.45, 7) is 0.446. The summed E-state index contributed by atoms with van der Waals surface area (Å²) in [5, 5.41) is 9.77. The Hall–Kier alpha value is -1.20. The summed E-state index contributed by atoms with van der Waals surface area (Å²) in [5.41, 5.74) is 6.48. The van der Waals surface area contributed by atoms with E-state index in [-0.39, 0.29) is 6.10 Å². The average molecular weight is 234 g/mol. The second-order valence-corrected chi connectivity index (χ2v) is 4.97. The Bertz CT molecular complexity index is 397. The van der Waals surface area contributed by atoms with Crippen LogP contribution < -0.4 is 10.6 Å². The smallest absolute Gasteiger partial charge is 0.226 e. The lowest BCUT2D eigenvalue weighted by atomic mass is 10.0. The van der Waals surface area contributed by atoms with Gasteiger partial charge in [0.15, 0.2) is 0 Å². The van der Waals surface area contributed by atoms with Gasteiger partial charge in [0.2, 0.25) is 5.95 Å². The van der Waals surface area contributed by atoms with Gasteiger partial charge in [0.05, 0.1) is 11.8 Å². The Morgan fingerprint density at radius 1 is 1.35 bits per heavy atom. The lowest BCUT2D eigenvalue weighted by Gasteiger charge is -2.37. The van der Waals surface area contributed by atoms with Gasteiger partial charge in [-0.15, -0.1) is 0 Å². The predicted molar refractivity (Wildman–Crippen MR) is 64.5 cm³/mol. The van der Waals surface area contributed by atoms with Gasteiger partial charge in [0, 0.05) is 24.8 Å². The lowest BCUT2D eigenvalue weighted by Crippen LogP contribution is -2.45. The number of aliphatic hydroxyl groups excluding tert-OH is 1. The van der Waals surface area contributed by atoms with E-state index in [9.17, 15) is 5.11 Å². The van der Waals surface area contributed by atoms with Gasteiger partial charge in [-0.1, -0.05) is 0 Å². The molecule has 0 aliphatic carbocycles. The highest BCUT2D eigenvalue weighted by Crippen LogP contribution is 2.37. The molecule has 0 spiro atoms. The molecule has 5 nitrogen and oxygen atoms in total. The minimum atomic E-state index is -0.151. The number of hydrogen-bond donors (Lipinski definition) is 2. The van der Waals surface area contributed by atoms with E-state index in [1.807, 2.05) is 6.07 Å². The largest absolute Gasteiger partial charge is 0.393 e. The molecule has 1 aromatic rings. The van der Waals surface area contributed by atoms with E-state index in [1.54, 1.807) is 6.20 Å². The topological polar surface area (TPSA) is 75.3 Å². The maximum absolute atomic E-state index is 9.77. The van der Waals surface area contributed by atoms with Crippen LogP contribution in [0, 0.1) is 0 Å². The molecule has 2 aliphatic rings. The second kappa shape index (κ2) is 4.23. The summed E-state index contributed by atoms with van der Waals surface area (Å²) in [4.78, 5) is 11.1. The molecule has 0 saturated carbocycles.